The molecule has 0 N–H and O–H groups in total. The largest absolute Gasteiger partial charge is 0.497 e. The molecule has 0 atom stereocenters. The number of benzene rings is 1. The normalized spacial score (nSPS) is 10.1. The molecule has 0 unspecified atom stereocenters. The van der Waals surface area contributed by atoms with Crippen molar-refractivity contribution in [2.24, 2.45) is 0 Å². The summed E-state index contributed by atoms with van der Waals surface area (Å²) in [6, 6.07) is 5.69. The van der Waals surface area contributed by atoms with E-state index in [2.05, 4.69) is 9.72 Å². The van der Waals surface area contributed by atoms with Crippen molar-refractivity contribution in [3.8, 4) is 11.5 Å². The number of hydrogen-bond donors (Lipinski definition) is 0. The summed E-state index contributed by atoms with van der Waals surface area (Å²) < 4.78 is 14.9. The second-order valence-electron chi connectivity index (χ2n) is 4.24. The Labute approximate surface area is 141 Å². The zero-order valence-electron chi connectivity index (χ0n) is 12.1. The minimum absolute atomic E-state index is 0.00716. The summed E-state index contributed by atoms with van der Waals surface area (Å²) in [7, 11) is 2.67. The number of aromatic nitrogens is 1. The number of carbonyl (C=O) groups excluding carboxylic acids is 2. The third kappa shape index (κ3) is 3.91. The lowest BCUT2D eigenvalue weighted by atomic mass is 10.2. The Hall–Kier alpha value is -2.31. The van der Waals surface area contributed by atoms with Crippen LogP contribution >= 0.6 is 23.2 Å². The molecule has 23 heavy (non-hydrogen) atoms. The predicted octanol–water partition coefficient (Wildman–Crippen LogP) is 3.40. The molecule has 0 radical (unpaired) electrons. The number of hydrogen-bond acceptors (Lipinski definition) is 6. The Morgan fingerprint density at radius 1 is 1.09 bits per heavy atom. The number of carbonyl (C=O) groups is 2. The van der Waals surface area contributed by atoms with Crippen LogP contribution < -0.4 is 9.47 Å². The maximum absolute atomic E-state index is 12.2. The molecule has 0 saturated heterocycles. The van der Waals surface area contributed by atoms with E-state index in [4.69, 9.17) is 32.7 Å². The van der Waals surface area contributed by atoms with Crippen molar-refractivity contribution in [3.63, 3.8) is 0 Å². The third-order valence-electron chi connectivity index (χ3n) is 2.83. The highest BCUT2D eigenvalue weighted by Crippen LogP contribution is 2.27. The van der Waals surface area contributed by atoms with E-state index in [1.165, 1.54) is 38.6 Å². The molecule has 0 bridgehead atoms. The molecule has 0 saturated carbocycles. The molecule has 0 aliphatic rings. The Balaban J connectivity index is 2.35. The van der Waals surface area contributed by atoms with E-state index in [0.717, 1.165) is 0 Å². The van der Waals surface area contributed by atoms with E-state index >= 15 is 0 Å². The average molecular weight is 356 g/mol. The summed E-state index contributed by atoms with van der Waals surface area (Å²) in [5.41, 5.74) is 0.160. The molecular weight excluding hydrogens is 345 g/mol. The molecule has 0 aliphatic heterocycles. The summed E-state index contributed by atoms with van der Waals surface area (Å²) in [6.07, 6.45) is 1.22. The lowest BCUT2D eigenvalue weighted by Gasteiger charge is -2.10. The fourth-order valence-corrected chi connectivity index (χ4v) is 1.95. The van der Waals surface area contributed by atoms with Gasteiger partial charge in [-0.05, 0) is 18.2 Å². The van der Waals surface area contributed by atoms with Crippen LogP contribution in [0.4, 0.5) is 0 Å². The van der Waals surface area contributed by atoms with Crippen molar-refractivity contribution in [3.05, 3.63) is 51.8 Å². The van der Waals surface area contributed by atoms with Gasteiger partial charge >= 0.3 is 11.9 Å². The van der Waals surface area contributed by atoms with E-state index in [-0.39, 0.29) is 27.1 Å². The summed E-state index contributed by atoms with van der Waals surface area (Å²) in [5.74, 6) is -1.00. The highest BCUT2D eigenvalue weighted by Gasteiger charge is 2.19. The maximum Gasteiger partial charge on any atom is 0.345 e. The average Bonchev–Trinajstić information content (AvgIpc) is 2.56. The Morgan fingerprint density at radius 3 is 2.43 bits per heavy atom. The number of rotatable bonds is 4. The first-order valence-electron chi connectivity index (χ1n) is 6.26. The molecule has 120 valence electrons. The number of halogens is 2. The molecule has 6 nitrogen and oxygen atoms in total. The van der Waals surface area contributed by atoms with Gasteiger partial charge in [0, 0.05) is 12.3 Å². The SMILES string of the molecule is COC(=O)c1ccc(OC)cc1OC(=O)c1cnc(Cl)c(Cl)c1. The maximum atomic E-state index is 12.2. The second kappa shape index (κ2) is 7.30. The molecule has 8 heteroatoms. The predicted molar refractivity (Wildman–Crippen MR) is 83.5 cm³/mol. The van der Waals surface area contributed by atoms with Crippen LogP contribution in [0.15, 0.2) is 30.5 Å². The van der Waals surface area contributed by atoms with Gasteiger partial charge in [-0.15, -0.1) is 0 Å². The molecule has 2 rings (SSSR count). The molecule has 0 amide bonds. The summed E-state index contributed by atoms with van der Waals surface area (Å²) in [6.45, 7) is 0. The van der Waals surface area contributed by atoms with Crippen LogP contribution in [0, 0.1) is 0 Å². The number of pyridine rings is 1. The van der Waals surface area contributed by atoms with Gasteiger partial charge in [-0.2, -0.15) is 0 Å². The van der Waals surface area contributed by atoms with Crippen molar-refractivity contribution < 1.29 is 23.8 Å². The minimum Gasteiger partial charge on any atom is -0.497 e. The van der Waals surface area contributed by atoms with Crippen LogP contribution in [0.5, 0.6) is 11.5 Å². The standard InChI is InChI=1S/C15H11Cl2NO5/c1-21-9-3-4-10(15(20)22-2)12(6-9)23-14(19)8-5-11(16)13(17)18-7-8/h3-7H,1-2H3. The van der Waals surface area contributed by atoms with Crippen LogP contribution in [-0.2, 0) is 4.74 Å². The van der Waals surface area contributed by atoms with Gasteiger partial charge in [-0.25, -0.2) is 14.6 Å². The van der Waals surface area contributed by atoms with Crippen molar-refractivity contribution in [1.29, 1.82) is 0 Å². The molecule has 0 aliphatic carbocycles. The number of methoxy groups -OCH3 is 2. The zero-order chi connectivity index (χ0) is 17.0. The molecule has 0 spiro atoms. The van der Waals surface area contributed by atoms with Gasteiger partial charge in [-0.1, -0.05) is 23.2 Å². The smallest absolute Gasteiger partial charge is 0.345 e. The highest BCUT2D eigenvalue weighted by molar-refractivity contribution is 6.41. The van der Waals surface area contributed by atoms with Gasteiger partial charge in [0.05, 0.1) is 24.8 Å². The topological polar surface area (TPSA) is 74.7 Å². The summed E-state index contributed by atoms with van der Waals surface area (Å²) in [5, 5.41) is 0.180. The van der Waals surface area contributed by atoms with Gasteiger partial charge in [0.25, 0.3) is 0 Å². The third-order valence-corrected chi connectivity index (χ3v) is 3.51. The lowest BCUT2D eigenvalue weighted by molar-refractivity contribution is 0.0593. The molecular formula is C15H11Cl2NO5. The van der Waals surface area contributed by atoms with E-state index < -0.39 is 11.9 Å². The quantitative estimate of drug-likeness (QED) is 0.475. The number of ether oxygens (including phenoxy) is 3. The summed E-state index contributed by atoms with van der Waals surface area (Å²) in [4.78, 5) is 27.7. The van der Waals surface area contributed by atoms with Crippen LogP contribution in [0.2, 0.25) is 10.2 Å². The van der Waals surface area contributed by atoms with E-state index in [0.29, 0.717) is 5.75 Å². The van der Waals surface area contributed by atoms with E-state index in [9.17, 15) is 9.59 Å². The van der Waals surface area contributed by atoms with E-state index in [1.807, 2.05) is 0 Å². The van der Waals surface area contributed by atoms with Crippen LogP contribution in [0.1, 0.15) is 20.7 Å². The molecule has 1 aromatic carbocycles. The van der Waals surface area contributed by atoms with Gasteiger partial charge in [-0.3, -0.25) is 0 Å². The fourth-order valence-electron chi connectivity index (χ4n) is 1.68. The van der Waals surface area contributed by atoms with Crippen molar-refractivity contribution in [2.75, 3.05) is 14.2 Å². The Morgan fingerprint density at radius 2 is 1.83 bits per heavy atom. The van der Waals surface area contributed by atoms with Crippen molar-refractivity contribution in [2.45, 2.75) is 0 Å². The van der Waals surface area contributed by atoms with Gasteiger partial charge in [0.1, 0.15) is 22.2 Å². The fraction of sp³-hybridized carbons (Fsp3) is 0.133. The highest BCUT2D eigenvalue weighted by atomic mass is 35.5. The monoisotopic (exact) mass is 355 g/mol. The molecule has 1 aromatic heterocycles. The van der Waals surface area contributed by atoms with Gasteiger partial charge in [0.15, 0.2) is 0 Å². The first-order chi connectivity index (χ1) is 11.0. The first kappa shape index (κ1) is 17.1. The number of esters is 2. The summed E-state index contributed by atoms with van der Waals surface area (Å²) >= 11 is 11.5. The minimum atomic E-state index is -0.755. The van der Waals surface area contributed by atoms with Crippen LogP contribution in [-0.4, -0.2) is 31.1 Å². The van der Waals surface area contributed by atoms with Gasteiger partial charge in [0.2, 0.25) is 0 Å². The van der Waals surface area contributed by atoms with Gasteiger partial charge < -0.3 is 14.2 Å². The van der Waals surface area contributed by atoms with Crippen LogP contribution in [0.25, 0.3) is 0 Å². The Bertz CT molecular complexity index is 764. The molecule has 1 heterocycles. The van der Waals surface area contributed by atoms with Crippen LogP contribution in [0.3, 0.4) is 0 Å². The Kier molecular flexibility index (Phi) is 5.41. The zero-order valence-corrected chi connectivity index (χ0v) is 13.6. The second-order valence-corrected chi connectivity index (χ2v) is 5.01. The van der Waals surface area contributed by atoms with E-state index in [1.54, 1.807) is 6.07 Å². The first-order valence-corrected chi connectivity index (χ1v) is 7.01. The molecule has 0 fully saturated rings. The van der Waals surface area contributed by atoms with Crippen molar-refractivity contribution in [1.82, 2.24) is 4.98 Å². The number of nitrogens with zero attached hydrogens (tertiary/aromatic N) is 1. The lowest BCUT2D eigenvalue weighted by Crippen LogP contribution is -2.13. The van der Waals surface area contributed by atoms with Crippen molar-refractivity contribution >= 4 is 35.1 Å². The molecule has 2 aromatic rings.